The highest BCUT2D eigenvalue weighted by Crippen LogP contribution is 2.29. The molecule has 0 saturated heterocycles. The van der Waals surface area contributed by atoms with Crippen molar-refractivity contribution in [3.63, 3.8) is 0 Å². The van der Waals surface area contributed by atoms with Gasteiger partial charge in [0.2, 0.25) is 0 Å². The number of para-hydroxylation sites is 1. The molecule has 0 unspecified atom stereocenters. The Morgan fingerprint density at radius 3 is 2.42 bits per heavy atom. The average Bonchev–Trinajstić information content (AvgIpc) is 3.09. The highest BCUT2D eigenvalue weighted by Gasteiger charge is 2.23. The molecule has 33 heavy (non-hydrogen) atoms. The van der Waals surface area contributed by atoms with Gasteiger partial charge in [-0.15, -0.1) is 0 Å². The maximum Gasteiger partial charge on any atom is 0.352 e. The number of carboxylic acids is 1. The molecular weight excluding hydrogens is 412 g/mol. The topological polar surface area (TPSA) is 63.5 Å². The SMILES string of the molecule is CCOc1ccccc1CNCc1c(C(=O)O)n(Cc2ccccc2C)c2cc(C)ccc12. The Balaban J connectivity index is 1.71. The minimum absolute atomic E-state index is 0.337. The molecular formula is C28H30N2O3. The highest BCUT2D eigenvalue weighted by atomic mass is 16.5. The van der Waals surface area contributed by atoms with E-state index >= 15 is 0 Å². The van der Waals surface area contributed by atoms with Crippen LogP contribution in [0.5, 0.6) is 5.75 Å². The fourth-order valence-corrected chi connectivity index (χ4v) is 4.34. The largest absolute Gasteiger partial charge is 0.494 e. The summed E-state index contributed by atoms with van der Waals surface area (Å²) in [4.78, 5) is 12.5. The smallest absolute Gasteiger partial charge is 0.352 e. The van der Waals surface area contributed by atoms with Gasteiger partial charge in [0.1, 0.15) is 11.4 Å². The number of aromatic nitrogens is 1. The lowest BCUT2D eigenvalue weighted by atomic mass is 10.1. The van der Waals surface area contributed by atoms with E-state index in [2.05, 4.69) is 30.4 Å². The molecule has 0 spiro atoms. The summed E-state index contributed by atoms with van der Waals surface area (Å²) in [5.74, 6) is -0.0625. The van der Waals surface area contributed by atoms with Crippen molar-refractivity contribution in [3.05, 3.63) is 100 Å². The second kappa shape index (κ2) is 9.92. The van der Waals surface area contributed by atoms with Crippen LogP contribution in [0.15, 0.2) is 66.7 Å². The number of benzene rings is 3. The minimum atomic E-state index is -0.913. The van der Waals surface area contributed by atoms with Crippen LogP contribution in [0.3, 0.4) is 0 Å². The van der Waals surface area contributed by atoms with E-state index in [-0.39, 0.29) is 0 Å². The lowest BCUT2D eigenvalue weighted by Gasteiger charge is -2.13. The van der Waals surface area contributed by atoms with Crippen LogP contribution in [0, 0.1) is 13.8 Å². The molecule has 5 nitrogen and oxygen atoms in total. The number of aromatic carboxylic acids is 1. The van der Waals surface area contributed by atoms with Crippen molar-refractivity contribution in [1.29, 1.82) is 0 Å². The van der Waals surface area contributed by atoms with Crippen molar-refractivity contribution < 1.29 is 14.6 Å². The fourth-order valence-electron chi connectivity index (χ4n) is 4.34. The third kappa shape index (κ3) is 4.78. The molecule has 1 aromatic heterocycles. The Hall–Kier alpha value is -3.57. The lowest BCUT2D eigenvalue weighted by Crippen LogP contribution is -2.17. The van der Waals surface area contributed by atoms with Crippen molar-refractivity contribution in [3.8, 4) is 5.75 Å². The summed E-state index contributed by atoms with van der Waals surface area (Å²) in [6.07, 6.45) is 0. The minimum Gasteiger partial charge on any atom is -0.494 e. The number of nitrogens with one attached hydrogen (secondary N) is 1. The number of carboxylic acid groups (broad SMARTS) is 1. The maximum atomic E-state index is 12.5. The zero-order valence-electron chi connectivity index (χ0n) is 19.4. The van der Waals surface area contributed by atoms with Crippen LogP contribution in [0.1, 0.15) is 45.2 Å². The number of carbonyl (C=O) groups is 1. The highest BCUT2D eigenvalue weighted by molar-refractivity contribution is 5.98. The number of nitrogens with zero attached hydrogens (tertiary/aromatic N) is 1. The standard InChI is InChI=1S/C28H30N2O3/c1-4-33-26-12-8-7-10-21(26)16-29-17-24-23-14-13-19(2)15-25(23)30(27(24)28(31)32)18-22-11-6-5-9-20(22)3/h5-15,29H,4,16-18H2,1-3H3,(H,31,32). The van der Waals surface area contributed by atoms with Crippen LogP contribution in [0.4, 0.5) is 0 Å². The van der Waals surface area contributed by atoms with Gasteiger partial charge in [0, 0.05) is 41.7 Å². The van der Waals surface area contributed by atoms with Gasteiger partial charge in [0.25, 0.3) is 0 Å². The molecule has 0 amide bonds. The number of rotatable bonds is 9. The van der Waals surface area contributed by atoms with Crippen LogP contribution < -0.4 is 10.1 Å². The summed E-state index contributed by atoms with van der Waals surface area (Å²) in [5, 5.41) is 14.6. The summed E-state index contributed by atoms with van der Waals surface area (Å²) < 4.78 is 7.67. The summed E-state index contributed by atoms with van der Waals surface area (Å²) >= 11 is 0. The fraction of sp³-hybridized carbons (Fsp3) is 0.250. The van der Waals surface area contributed by atoms with Gasteiger partial charge in [-0.2, -0.15) is 0 Å². The second-order valence-corrected chi connectivity index (χ2v) is 8.31. The number of ether oxygens (including phenoxy) is 1. The monoisotopic (exact) mass is 442 g/mol. The molecule has 0 atom stereocenters. The van der Waals surface area contributed by atoms with E-state index < -0.39 is 5.97 Å². The van der Waals surface area contributed by atoms with Crippen molar-refractivity contribution in [1.82, 2.24) is 9.88 Å². The predicted molar refractivity (Wildman–Crippen MR) is 132 cm³/mol. The Morgan fingerprint density at radius 2 is 1.70 bits per heavy atom. The van der Waals surface area contributed by atoms with Crippen LogP contribution in [0.2, 0.25) is 0 Å². The molecule has 5 heteroatoms. The molecule has 0 radical (unpaired) electrons. The van der Waals surface area contributed by atoms with E-state index in [1.165, 1.54) is 0 Å². The van der Waals surface area contributed by atoms with E-state index in [9.17, 15) is 9.90 Å². The first kappa shape index (κ1) is 22.6. The summed E-state index contributed by atoms with van der Waals surface area (Å²) in [5.41, 5.74) is 6.51. The van der Waals surface area contributed by atoms with Crippen molar-refractivity contribution in [2.24, 2.45) is 0 Å². The third-order valence-corrected chi connectivity index (χ3v) is 6.01. The first-order chi connectivity index (χ1) is 16.0. The molecule has 2 N–H and O–H groups in total. The molecule has 4 aromatic rings. The van der Waals surface area contributed by atoms with Gasteiger partial charge >= 0.3 is 5.97 Å². The number of hydrogen-bond donors (Lipinski definition) is 2. The summed E-state index contributed by atoms with van der Waals surface area (Å²) in [6.45, 7) is 8.22. The Morgan fingerprint density at radius 1 is 0.970 bits per heavy atom. The van der Waals surface area contributed by atoms with E-state index in [1.807, 2.05) is 66.9 Å². The predicted octanol–water partition coefficient (Wildman–Crippen LogP) is 5.69. The molecule has 0 saturated carbocycles. The maximum absolute atomic E-state index is 12.5. The lowest BCUT2D eigenvalue weighted by molar-refractivity contribution is 0.0684. The third-order valence-electron chi connectivity index (χ3n) is 6.01. The van der Waals surface area contributed by atoms with Gasteiger partial charge in [-0.05, 0) is 49.6 Å². The molecule has 0 aliphatic carbocycles. The van der Waals surface area contributed by atoms with Gasteiger partial charge in [0.05, 0.1) is 6.61 Å². The molecule has 3 aromatic carbocycles. The van der Waals surface area contributed by atoms with Crippen LogP contribution >= 0.6 is 0 Å². The zero-order chi connectivity index (χ0) is 23.4. The Kier molecular flexibility index (Phi) is 6.80. The Labute approximate surface area is 194 Å². The zero-order valence-corrected chi connectivity index (χ0v) is 19.4. The normalized spacial score (nSPS) is 11.1. The van der Waals surface area contributed by atoms with Crippen molar-refractivity contribution >= 4 is 16.9 Å². The van der Waals surface area contributed by atoms with Gasteiger partial charge in [-0.3, -0.25) is 0 Å². The van der Waals surface area contributed by atoms with Gasteiger partial charge in [-0.25, -0.2) is 4.79 Å². The van der Waals surface area contributed by atoms with Gasteiger partial charge in [-0.1, -0.05) is 54.6 Å². The molecule has 0 bridgehead atoms. The van der Waals surface area contributed by atoms with Crippen molar-refractivity contribution in [2.45, 2.75) is 40.4 Å². The number of aryl methyl sites for hydroxylation is 2. The molecule has 1 heterocycles. The molecule has 0 aliphatic rings. The molecule has 0 aliphatic heterocycles. The molecule has 0 fully saturated rings. The van der Waals surface area contributed by atoms with Crippen LogP contribution in [-0.4, -0.2) is 22.2 Å². The van der Waals surface area contributed by atoms with E-state index in [1.54, 1.807) is 0 Å². The van der Waals surface area contributed by atoms with Crippen LogP contribution in [0.25, 0.3) is 10.9 Å². The first-order valence-corrected chi connectivity index (χ1v) is 11.3. The van der Waals surface area contributed by atoms with Gasteiger partial charge in [0.15, 0.2) is 0 Å². The van der Waals surface area contributed by atoms with Crippen molar-refractivity contribution in [2.75, 3.05) is 6.61 Å². The average molecular weight is 443 g/mol. The van der Waals surface area contributed by atoms with Gasteiger partial charge < -0.3 is 19.7 Å². The van der Waals surface area contributed by atoms with E-state index in [0.29, 0.717) is 31.9 Å². The number of hydrogen-bond acceptors (Lipinski definition) is 3. The first-order valence-electron chi connectivity index (χ1n) is 11.3. The Bertz CT molecular complexity index is 1290. The molecule has 170 valence electrons. The van der Waals surface area contributed by atoms with Crippen LogP contribution in [-0.2, 0) is 19.6 Å². The summed E-state index contributed by atoms with van der Waals surface area (Å²) in [6, 6.07) is 22.2. The quantitative estimate of drug-likeness (QED) is 0.349. The van der Waals surface area contributed by atoms with E-state index in [0.717, 1.165) is 44.5 Å². The summed E-state index contributed by atoms with van der Waals surface area (Å²) in [7, 11) is 0. The van der Waals surface area contributed by atoms with E-state index in [4.69, 9.17) is 4.74 Å². The molecule has 4 rings (SSSR count). The number of fused-ring (bicyclic) bond motifs is 1. The second-order valence-electron chi connectivity index (χ2n) is 8.31.